The summed E-state index contributed by atoms with van der Waals surface area (Å²) < 4.78 is 5.61. The Labute approximate surface area is 135 Å². The number of pyridine rings is 1. The molecule has 0 unspecified atom stereocenters. The molecule has 0 aliphatic heterocycles. The number of ether oxygens (including phenoxy) is 1. The maximum Gasteiger partial charge on any atom is 0.123 e. The molecule has 4 rings (SSSR count). The van der Waals surface area contributed by atoms with E-state index in [-0.39, 0.29) is 0 Å². The molecule has 112 valence electrons. The van der Waals surface area contributed by atoms with Crippen molar-refractivity contribution in [1.29, 1.82) is 0 Å². The summed E-state index contributed by atoms with van der Waals surface area (Å²) >= 11 is 0. The molecule has 23 heavy (non-hydrogen) atoms. The number of methoxy groups -OCH3 is 1. The monoisotopic (exact) mass is 299 g/mol. The van der Waals surface area contributed by atoms with Gasteiger partial charge in [-0.25, -0.2) is 0 Å². The van der Waals surface area contributed by atoms with E-state index in [1.54, 1.807) is 7.11 Å². The van der Waals surface area contributed by atoms with Gasteiger partial charge in [0.2, 0.25) is 0 Å². The molecular formula is C21H17NO. The maximum absolute atomic E-state index is 5.61. The summed E-state index contributed by atoms with van der Waals surface area (Å²) in [6.07, 6.45) is 2.64. The Hall–Kier alpha value is -2.87. The summed E-state index contributed by atoms with van der Waals surface area (Å²) in [6, 6.07) is 23.0. The minimum atomic E-state index is 0.756. The van der Waals surface area contributed by atoms with Crippen molar-refractivity contribution in [2.75, 3.05) is 7.11 Å². The van der Waals surface area contributed by atoms with Gasteiger partial charge in [0.1, 0.15) is 5.75 Å². The molecular weight excluding hydrogens is 282 g/mol. The Balaban J connectivity index is 1.92. The first-order chi connectivity index (χ1) is 11.4. The Kier molecular flexibility index (Phi) is 3.43. The second kappa shape index (κ2) is 5.73. The summed E-state index contributed by atoms with van der Waals surface area (Å²) in [5, 5.41) is 4.87. The topological polar surface area (TPSA) is 22.1 Å². The number of aromatic nitrogens is 1. The third-order valence-electron chi connectivity index (χ3n) is 4.32. The molecule has 0 saturated heterocycles. The first-order valence-electron chi connectivity index (χ1n) is 7.74. The van der Waals surface area contributed by atoms with Gasteiger partial charge in [-0.3, -0.25) is 4.98 Å². The van der Waals surface area contributed by atoms with E-state index in [9.17, 15) is 0 Å². The van der Waals surface area contributed by atoms with Gasteiger partial charge in [-0.1, -0.05) is 54.6 Å². The van der Waals surface area contributed by atoms with Crippen molar-refractivity contribution >= 4 is 21.5 Å². The fourth-order valence-corrected chi connectivity index (χ4v) is 3.18. The van der Waals surface area contributed by atoms with E-state index in [2.05, 4.69) is 65.6 Å². The van der Waals surface area contributed by atoms with Gasteiger partial charge in [0.15, 0.2) is 0 Å². The lowest BCUT2D eigenvalue weighted by atomic mass is 9.97. The van der Waals surface area contributed by atoms with Crippen LogP contribution in [0.2, 0.25) is 0 Å². The van der Waals surface area contributed by atoms with Crippen LogP contribution in [0.4, 0.5) is 0 Å². The Morgan fingerprint density at radius 1 is 0.783 bits per heavy atom. The normalized spacial score (nSPS) is 11.0. The molecule has 0 amide bonds. The summed E-state index contributed by atoms with van der Waals surface area (Å²) in [5.41, 5.74) is 2.27. The molecule has 4 aromatic rings. The van der Waals surface area contributed by atoms with Gasteiger partial charge in [-0.2, -0.15) is 0 Å². The van der Waals surface area contributed by atoms with E-state index in [1.165, 1.54) is 27.1 Å². The molecule has 2 heteroatoms. The Bertz CT molecular complexity index is 986. The van der Waals surface area contributed by atoms with Crippen LogP contribution in [0.25, 0.3) is 21.5 Å². The quantitative estimate of drug-likeness (QED) is 0.532. The van der Waals surface area contributed by atoms with Crippen LogP contribution in [0.3, 0.4) is 0 Å². The molecule has 0 N–H and O–H groups in total. The highest BCUT2D eigenvalue weighted by molar-refractivity contribution is 5.89. The number of hydrogen-bond donors (Lipinski definition) is 0. The number of benzene rings is 3. The fourth-order valence-electron chi connectivity index (χ4n) is 3.18. The molecule has 0 aliphatic carbocycles. The van der Waals surface area contributed by atoms with Crippen LogP contribution in [-0.2, 0) is 6.42 Å². The van der Waals surface area contributed by atoms with Crippen LogP contribution in [0.5, 0.6) is 5.75 Å². The minimum absolute atomic E-state index is 0.756. The first kappa shape index (κ1) is 13.8. The van der Waals surface area contributed by atoms with Crippen molar-refractivity contribution in [1.82, 2.24) is 4.98 Å². The first-order valence-corrected chi connectivity index (χ1v) is 7.74. The predicted octanol–water partition coefficient (Wildman–Crippen LogP) is 4.99. The van der Waals surface area contributed by atoms with E-state index in [1.807, 2.05) is 12.3 Å². The number of rotatable bonds is 3. The summed E-state index contributed by atoms with van der Waals surface area (Å²) in [4.78, 5) is 4.63. The predicted molar refractivity (Wildman–Crippen MR) is 95.0 cm³/mol. The van der Waals surface area contributed by atoms with Gasteiger partial charge in [-0.05, 0) is 28.3 Å². The Morgan fingerprint density at radius 3 is 2.26 bits per heavy atom. The van der Waals surface area contributed by atoms with Crippen molar-refractivity contribution in [2.45, 2.75) is 6.42 Å². The minimum Gasteiger partial charge on any atom is -0.496 e. The maximum atomic E-state index is 5.61. The van der Waals surface area contributed by atoms with E-state index < -0.39 is 0 Å². The summed E-state index contributed by atoms with van der Waals surface area (Å²) in [7, 11) is 1.73. The van der Waals surface area contributed by atoms with Gasteiger partial charge < -0.3 is 4.74 Å². The van der Waals surface area contributed by atoms with Crippen LogP contribution < -0.4 is 4.74 Å². The number of fused-ring (bicyclic) bond motifs is 2. The third kappa shape index (κ3) is 2.42. The van der Waals surface area contributed by atoms with E-state index >= 15 is 0 Å². The highest BCUT2D eigenvalue weighted by Gasteiger charge is 2.11. The van der Waals surface area contributed by atoms with Crippen LogP contribution in [0.15, 0.2) is 72.9 Å². The van der Waals surface area contributed by atoms with Gasteiger partial charge in [-0.15, -0.1) is 0 Å². The fraction of sp³-hybridized carbons (Fsp3) is 0.0952. The van der Waals surface area contributed by atoms with E-state index in [0.29, 0.717) is 0 Å². The average molecular weight is 299 g/mol. The molecule has 0 bridgehead atoms. The van der Waals surface area contributed by atoms with Gasteiger partial charge in [0.25, 0.3) is 0 Å². The second-order valence-electron chi connectivity index (χ2n) is 5.62. The molecule has 0 atom stereocenters. The standard InChI is InChI=1S/C21H17NO/c1-23-21-11-10-15-6-2-4-8-17(15)19(21)14-20-18-9-5-3-7-16(18)12-13-22-20/h2-13H,14H2,1H3. The van der Waals surface area contributed by atoms with Crippen LogP contribution >= 0.6 is 0 Å². The molecule has 1 aromatic heterocycles. The lowest BCUT2D eigenvalue weighted by Crippen LogP contribution is -1.98. The van der Waals surface area contributed by atoms with Gasteiger partial charge >= 0.3 is 0 Å². The zero-order chi connectivity index (χ0) is 15.6. The third-order valence-corrected chi connectivity index (χ3v) is 4.32. The van der Waals surface area contributed by atoms with Crippen molar-refractivity contribution in [2.24, 2.45) is 0 Å². The van der Waals surface area contributed by atoms with Crippen molar-refractivity contribution in [3.05, 3.63) is 84.2 Å². The molecule has 1 heterocycles. The molecule has 0 radical (unpaired) electrons. The Morgan fingerprint density at radius 2 is 1.48 bits per heavy atom. The summed E-state index contributed by atoms with van der Waals surface area (Å²) in [6.45, 7) is 0. The van der Waals surface area contributed by atoms with Crippen LogP contribution in [0, 0.1) is 0 Å². The smallest absolute Gasteiger partial charge is 0.123 e. The van der Waals surface area contributed by atoms with Gasteiger partial charge in [0, 0.05) is 23.6 Å². The average Bonchev–Trinajstić information content (AvgIpc) is 2.62. The van der Waals surface area contributed by atoms with Gasteiger partial charge in [0.05, 0.1) is 12.8 Å². The second-order valence-corrected chi connectivity index (χ2v) is 5.62. The van der Waals surface area contributed by atoms with Crippen molar-refractivity contribution < 1.29 is 4.74 Å². The van der Waals surface area contributed by atoms with E-state index in [4.69, 9.17) is 4.74 Å². The lowest BCUT2D eigenvalue weighted by molar-refractivity contribution is 0.411. The molecule has 0 spiro atoms. The molecule has 0 saturated carbocycles. The zero-order valence-corrected chi connectivity index (χ0v) is 13.0. The van der Waals surface area contributed by atoms with E-state index in [0.717, 1.165) is 17.9 Å². The van der Waals surface area contributed by atoms with Crippen molar-refractivity contribution in [3.8, 4) is 5.75 Å². The summed E-state index contributed by atoms with van der Waals surface area (Å²) in [5.74, 6) is 0.915. The number of nitrogens with zero attached hydrogens (tertiary/aromatic N) is 1. The molecule has 3 aromatic carbocycles. The largest absolute Gasteiger partial charge is 0.496 e. The van der Waals surface area contributed by atoms with Crippen LogP contribution in [-0.4, -0.2) is 12.1 Å². The number of hydrogen-bond acceptors (Lipinski definition) is 2. The lowest BCUT2D eigenvalue weighted by Gasteiger charge is -2.13. The highest BCUT2D eigenvalue weighted by Crippen LogP contribution is 2.31. The zero-order valence-electron chi connectivity index (χ0n) is 13.0. The molecule has 0 aliphatic rings. The molecule has 2 nitrogen and oxygen atoms in total. The molecule has 0 fully saturated rings. The SMILES string of the molecule is COc1ccc2ccccc2c1Cc1nccc2ccccc12. The van der Waals surface area contributed by atoms with Crippen LogP contribution in [0.1, 0.15) is 11.3 Å². The van der Waals surface area contributed by atoms with Crippen molar-refractivity contribution in [3.63, 3.8) is 0 Å². The highest BCUT2D eigenvalue weighted by atomic mass is 16.5.